The molecule has 1 aromatic heterocycles. The Balaban J connectivity index is 1.86. The number of ether oxygens (including phenoxy) is 1. The molecule has 0 amide bonds. The highest BCUT2D eigenvalue weighted by molar-refractivity contribution is 5.07. The molecule has 2 rings (SSSR count). The quantitative estimate of drug-likeness (QED) is 0.891. The number of nitrogens with zero attached hydrogens (tertiary/aromatic N) is 2. The van der Waals surface area contributed by atoms with E-state index in [1.165, 1.54) is 12.8 Å². The lowest BCUT2D eigenvalue weighted by atomic mass is 9.76. The van der Waals surface area contributed by atoms with E-state index in [9.17, 15) is 0 Å². The molecule has 100 valence electrons. The van der Waals surface area contributed by atoms with E-state index in [4.69, 9.17) is 4.74 Å². The van der Waals surface area contributed by atoms with Crippen molar-refractivity contribution in [3.05, 3.63) is 18.1 Å². The molecule has 4 heteroatoms. The zero-order chi connectivity index (χ0) is 13.0. The van der Waals surface area contributed by atoms with Gasteiger partial charge in [0.25, 0.3) is 0 Å². The van der Waals surface area contributed by atoms with Crippen molar-refractivity contribution in [2.45, 2.75) is 52.2 Å². The van der Waals surface area contributed by atoms with E-state index >= 15 is 0 Å². The molecule has 0 saturated heterocycles. The van der Waals surface area contributed by atoms with Gasteiger partial charge in [0.15, 0.2) is 0 Å². The Morgan fingerprint density at radius 3 is 2.56 bits per heavy atom. The zero-order valence-electron chi connectivity index (χ0n) is 11.6. The fraction of sp³-hybridized carbons (Fsp3) is 0.714. The van der Waals surface area contributed by atoms with Gasteiger partial charge in [-0.25, -0.2) is 4.98 Å². The number of nitrogens with one attached hydrogen (secondary N) is 1. The van der Waals surface area contributed by atoms with E-state index in [2.05, 4.69) is 29.1 Å². The van der Waals surface area contributed by atoms with Crippen molar-refractivity contribution >= 4 is 0 Å². The Bertz CT molecular complexity index is 365. The van der Waals surface area contributed by atoms with Gasteiger partial charge in [0.05, 0.1) is 18.1 Å². The number of hydrogen-bond acceptors (Lipinski definition) is 4. The van der Waals surface area contributed by atoms with Crippen molar-refractivity contribution in [2.24, 2.45) is 5.41 Å². The van der Waals surface area contributed by atoms with Crippen LogP contribution in [0.15, 0.2) is 12.4 Å². The van der Waals surface area contributed by atoms with Gasteiger partial charge in [-0.05, 0) is 38.1 Å². The minimum absolute atomic E-state index is 0.308. The summed E-state index contributed by atoms with van der Waals surface area (Å²) in [5, 5.41) is 3.05. The number of rotatable bonds is 4. The number of aromatic nitrogens is 2. The van der Waals surface area contributed by atoms with Gasteiger partial charge >= 0.3 is 0 Å². The van der Waals surface area contributed by atoms with E-state index in [0.717, 1.165) is 25.1 Å². The van der Waals surface area contributed by atoms with Crippen LogP contribution >= 0.6 is 0 Å². The van der Waals surface area contributed by atoms with Crippen LogP contribution in [0.25, 0.3) is 0 Å². The molecule has 0 radical (unpaired) electrons. The van der Waals surface area contributed by atoms with Gasteiger partial charge in [-0.3, -0.25) is 4.98 Å². The van der Waals surface area contributed by atoms with Crippen LogP contribution in [0.2, 0.25) is 0 Å². The normalized spacial score (nSPS) is 19.7. The summed E-state index contributed by atoms with van der Waals surface area (Å²) < 4.78 is 5.89. The van der Waals surface area contributed by atoms with E-state index in [-0.39, 0.29) is 0 Å². The Morgan fingerprint density at radius 1 is 1.28 bits per heavy atom. The fourth-order valence-corrected chi connectivity index (χ4v) is 2.34. The second kappa shape index (κ2) is 5.65. The van der Waals surface area contributed by atoms with Gasteiger partial charge < -0.3 is 10.1 Å². The molecule has 0 spiro atoms. The topological polar surface area (TPSA) is 47.0 Å². The third-order valence-corrected chi connectivity index (χ3v) is 3.61. The first-order chi connectivity index (χ1) is 8.59. The summed E-state index contributed by atoms with van der Waals surface area (Å²) in [6.45, 7) is 5.40. The highest BCUT2D eigenvalue weighted by Gasteiger charge is 2.27. The maximum atomic E-state index is 5.89. The molecule has 1 fully saturated rings. The van der Waals surface area contributed by atoms with Crippen LogP contribution in [0.1, 0.15) is 45.2 Å². The third kappa shape index (κ3) is 3.67. The minimum atomic E-state index is 0.308. The Morgan fingerprint density at radius 2 is 2.00 bits per heavy atom. The highest BCUT2D eigenvalue weighted by atomic mass is 16.5. The van der Waals surface area contributed by atoms with Gasteiger partial charge in [0.2, 0.25) is 5.88 Å². The molecule has 1 aromatic rings. The summed E-state index contributed by atoms with van der Waals surface area (Å²) in [5.74, 6) is 0.652. The molecule has 1 heterocycles. The second-order valence-electron chi connectivity index (χ2n) is 5.86. The lowest BCUT2D eigenvalue weighted by Crippen LogP contribution is -2.28. The maximum absolute atomic E-state index is 5.89. The van der Waals surface area contributed by atoms with Gasteiger partial charge in [0.1, 0.15) is 6.10 Å². The smallest absolute Gasteiger partial charge is 0.232 e. The fourth-order valence-electron chi connectivity index (χ4n) is 2.34. The molecule has 0 aliphatic heterocycles. The molecule has 0 unspecified atom stereocenters. The Hall–Kier alpha value is -1.16. The summed E-state index contributed by atoms with van der Waals surface area (Å²) in [4.78, 5) is 8.62. The molecule has 1 saturated carbocycles. The lowest BCUT2D eigenvalue weighted by molar-refractivity contribution is 0.0945. The summed E-state index contributed by atoms with van der Waals surface area (Å²) in [7, 11) is 1.90. The van der Waals surface area contributed by atoms with E-state index in [1.54, 1.807) is 12.4 Å². The summed E-state index contributed by atoms with van der Waals surface area (Å²) in [5.41, 5.74) is 1.41. The van der Waals surface area contributed by atoms with Crippen molar-refractivity contribution in [1.82, 2.24) is 15.3 Å². The van der Waals surface area contributed by atoms with Crippen molar-refractivity contribution in [1.29, 1.82) is 0 Å². The van der Waals surface area contributed by atoms with Crippen LogP contribution in [0, 0.1) is 5.41 Å². The Labute approximate surface area is 109 Å². The van der Waals surface area contributed by atoms with Crippen LogP contribution in [0.5, 0.6) is 5.88 Å². The molecule has 18 heavy (non-hydrogen) atoms. The molecule has 1 N–H and O–H groups in total. The van der Waals surface area contributed by atoms with Crippen molar-refractivity contribution in [3.63, 3.8) is 0 Å². The first-order valence-electron chi connectivity index (χ1n) is 6.71. The summed E-state index contributed by atoms with van der Waals surface area (Å²) in [6.07, 6.45) is 8.50. The monoisotopic (exact) mass is 249 g/mol. The first kappa shape index (κ1) is 13.3. The van der Waals surface area contributed by atoms with E-state index in [0.29, 0.717) is 17.4 Å². The molecule has 0 aromatic carbocycles. The molecular weight excluding hydrogens is 226 g/mol. The molecule has 0 atom stereocenters. The van der Waals surface area contributed by atoms with Crippen LogP contribution in [0.4, 0.5) is 0 Å². The molecule has 4 nitrogen and oxygen atoms in total. The lowest BCUT2D eigenvalue weighted by Gasteiger charge is -2.33. The Kier molecular flexibility index (Phi) is 4.17. The predicted molar refractivity (Wildman–Crippen MR) is 71.5 cm³/mol. The SMILES string of the molecule is CNCc1cnc(OC2CCC(C)(C)CC2)cn1. The van der Waals surface area contributed by atoms with Gasteiger partial charge in [-0.15, -0.1) is 0 Å². The van der Waals surface area contributed by atoms with Gasteiger partial charge in [0, 0.05) is 6.54 Å². The van der Waals surface area contributed by atoms with Crippen molar-refractivity contribution in [3.8, 4) is 5.88 Å². The van der Waals surface area contributed by atoms with Crippen LogP contribution in [0.3, 0.4) is 0 Å². The highest BCUT2D eigenvalue weighted by Crippen LogP contribution is 2.36. The largest absolute Gasteiger partial charge is 0.473 e. The van der Waals surface area contributed by atoms with Crippen LogP contribution < -0.4 is 10.1 Å². The minimum Gasteiger partial charge on any atom is -0.473 e. The van der Waals surface area contributed by atoms with E-state index < -0.39 is 0 Å². The summed E-state index contributed by atoms with van der Waals surface area (Å²) >= 11 is 0. The van der Waals surface area contributed by atoms with Gasteiger partial charge in [-0.1, -0.05) is 13.8 Å². The average molecular weight is 249 g/mol. The third-order valence-electron chi connectivity index (χ3n) is 3.61. The maximum Gasteiger partial charge on any atom is 0.232 e. The molecular formula is C14H23N3O. The predicted octanol–water partition coefficient (Wildman–Crippen LogP) is 2.54. The number of hydrogen-bond donors (Lipinski definition) is 1. The summed E-state index contributed by atoms with van der Waals surface area (Å²) in [6, 6.07) is 0. The van der Waals surface area contributed by atoms with Gasteiger partial charge in [-0.2, -0.15) is 0 Å². The standard InChI is InChI=1S/C14H23N3O/c1-14(2)6-4-12(5-7-14)18-13-10-16-11(8-15-3)9-17-13/h9-10,12,15H,4-8H2,1-3H3. The van der Waals surface area contributed by atoms with E-state index in [1.807, 2.05) is 7.05 Å². The molecule has 1 aliphatic rings. The van der Waals surface area contributed by atoms with Crippen molar-refractivity contribution < 1.29 is 4.74 Å². The molecule has 1 aliphatic carbocycles. The zero-order valence-corrected chi connectivity index (χ0v) is 11.6. The van der Waals surface area contributed by atoms with Crippen LogP contribution in [-0.4, -0.2) is 23.1 Å². The van der Waals surface area contributed by atoms with Crippen LogP contribution in [-0.2, 0) is 6.54 Å². The molecule has 0 bridgehead atoms. The second-order valence-corrected chi connectivity index (χ2v) is 5.86. The average Bonchev–Trinajstić information content (AvgIpc) is 2.35. The van der Waals surface area contributed by atoms with Crippen molar-refractivity contribution in [2.75, 3.05) is 7.05 Å². The first-order valence-corrected chi connectivity index (χ1v) is 6.71.